The number of aromatic nitrogens is 3. The van der Waals surface area contributed by atoms with Crippen molar-refractivity contribution in [2.75, 3.05) is 0 Å². The Bertz CT molecular complexity index is 1750. The van der Waals surface area contributed by atoms with Crippen molar-refractivity contribution in [2.45, 2.75) is 32.7 Å². The predicted octanol–water partition coefficient (Wildman–Crippen LogP) is 6.21. The standard InChI is InChI=1S/C29H24BrN5O/c1-29(2,3)28-33-25-13-12-22(30)14-24(25)27(36)35(28)32-16-21-18-34(26-11-7-6-10-23(21)26)17-20-9-5-4-8-19(20)15-31/h4-14,16,18H,17H2,1-3H3. The third-order valence-corrected chi connectivity index (χ3v) is 6.58. The van der Waals surface area contributed by atoms with Gasteiger partial charge in [0.1, 0.15) is 5.82 Å². The summed E-state index contributed by atoms with van der Waals surface area (Å²) in [7, 11) is 0. The quantitative estimate of drug-likeness (QED) is 0.255. The summed E-state index contributed by atoms with van der Waals surface area (Å²) in [6.45, 7) is 6.61. The first-order valence-electron chi connectivity index (χ1n) is 11.6. The van der Waals surface area contributed by atoms with Crippen LogP contribution in [0, 0.1) is 11.3 Å². The number of benzene rings is 3. The molecule has 0 spiro atoms. The minimum absolute atomic E-state index is 0.214. The second-order valence-electron chi connectivity index (χ2n) is 9.71. The number of hydrogen-bond donors (Lipinski definition) is 0. The first kappa shape index (κ1) is 23.7. The fourth-order valence-corrected chi connectivity index (χ4v) is 4.68. The van der Waals surface area contributed by atoms with Crippen molar-refractivity contribution < 1.29 is 0 Å². The first-order valence-corrected chi connectivity index (χ1v) is 12.4. The summed E-state index contributed by atoms with van der Waals surface area (Å²) in [6.07, 6.45) is 3.73. The van der Waals surface area contributed by atoms with Gasteiger partial charge in [-0.3, -0.25) is 4.79 Å². The molecule has 36 heavy (non-hydrogen) atoms. The highest BCUT2D eigenvalue weighted by Crippen LogP contribution is 2.25. The Hall–Kier alpha value is -4.02. The van der Waals surface area contributed by atoms with Crippen LogP contribution < -0.4 is 5.56 Å². The van der Waals surface area contributed by atoms with Crippen LogP contribution in [0.25, 0.3) is 21.8 Å². The molecule has 0 N–H and O–H groups in total. The van der Waals surface area contributed by atoms with Gasteiger partial charge in [0.2, 0.25) is 0 Å². The lowest BCUT2D eigenvalue weighted by Crippen LogP contribution is -2.29. The average molecular weight is 538 g/mol. The molecule has 0 atom stereocenters. The van der Waals surface area contributed by atoms with Crippen molar-refractivity contribution in [3.63, 3.8) is 0 Å². The molecule has 0 bridgehead atoms. The summed E-state index contributed by atoms with van der Waals surface area (Å²) in [5, 5.41) is 15.7. The van der Waals surface area contributed by atoms with Crippen molar-refractivity contribution in [3.8, 4) is 6.07 Å². The molecule has 0 amide bonds. The Labute approximate surface area is 217 Å². The molecule has 0 fully saturated rings. The summed E-state index contributed by atoms with van der Waals surface area (Å²) in [5.41, 5.74) is 3.53. The van der Waals surface area contributed by atoms with Crippen LogP contribution in [0.3, 0.4) is 0 Å². The molecule has 2 aromatic heterocycles. The lowest BCUT2D eigenvalue weighted by atomic mass is 9.95. The minimum atomic E-state index is -0.396. The van der Waals surface area contributed by atoms with Crippen LogP contribution in [0.1, 0.15) is 43.3 Å². The maximum atomic E-state index is 13.5. The predicted molar refractivity (Wildman–Crippen MR) is 148 cm³/mol. The number of fused-ring (bicyclic) bond motifs is 2. The zero-order valence-corrected chi connectivity index (χ0v) is 21.8. The molecule has 0 saturated heterocycles. The number of halogens is 1. The van der Waals surface area contributed by atoms with Gasteiger partial charge in [-0.2, -0.15) is 15.0 Å². The first-order chi connectivity index (χ1) is 17.3. The molecule has 0 unspecified atom stereocenters. The van der Waals surface area contributed by atoms with Crippen molar-refractivity contribution in [1.82, 2.24) is 14.2 Å². The zero-order chi connectivity index (χ0) is 25.4. The van der Waals surface area contributed by atoms with Gasteiger partial charge in [-0.25, -0.2) is 4.98 Å². The normalized spacial score (nSPS) is 12.0. The molecule has 3 aromatic carbocycles. The monoisotopic (exact) mass is 537 g/mol. The maximum absolute atomic E-state index is 13.5. The Morgan fingerprint density at radius 1 is 1.06 bits per heavy atom. The third-order valence-electron chi connectivity index (χ3n) is 6.09. The SMILES string of the molecule is CC(C)(C)c1nc2ccc(Br)cc2c(=O)n1N=Cc1cn(Cc2ccccc2C#N)c2ccccc12. The molecule has 0 aliphatic heterocycles. The van der Waals surface area contributed by atoms with Gasteiger partial charge < -0.3 is 4.57 Å². The van der Waals surface area contributed by atoms with E-state index in [1.807, 2.05) is 87.6 Å². The van der Waals surface area contributed by atoms with Gasteiger partial charge >= 0.3 is 0 Å². The van der Waals surface area contributed by atoms with Gasteiger partial charge in [0.15, 0.2) is 0 Å². The molecule has 6 nitrogen and oxygen atoms in total. The van der Waals surface area contributed by atoms with E-state index >= 15 is 0 Å². The van der Waals surface area contributed by atoms with Crippen LogP contribution in [0.5, 0.6) is 0 Å². The Morgan fingerprint density at radius 2 is 1.81 bits per heavy atom. The fourth-order valence-electron chi connectivity index (χ4n) is 4.32. The highest BCUT2D eigenvalue weighted by atomic mass is 79.9. The number of para-hydroxylation sites is 1. The van der Waals surface area contributed by atoms with E-state index in [9.17, 15) is 10.1 Å². The number of nitriles is 1. The summed E-state index contributed by atoms with van der Waals surface area (Å²) >= 11 is 3.45. The molecule has 5 rings (SSSR count). The smallest absolute Gasteiger partial charge is 0.282 e. The van der Waals surface area contributed by atoms with E-state index in [0.29, 0.717) is 28.8 Å². The van der Waals surface area contributed by atoms with Gasteiger partial charge in [-0.05, 0) is 35.9 Å². The van der Waals surface area contributed by atoms with Crippen LogP contribution in [0.2, 0.25) is 0 Å². The number of nitrogens with zero attached hydrogens (tertiary/aromatic N) is 5. The van der Waals surface area contributed by atoms with E-state index in [2.05, 4.69) is 31.7 Å². The van der Waals surface area contributed by atoms with E-state index in [0.717, 1.165) is 26.5 Å². The minimum Gasteiger partial charge on any atom is -0.342 e. The van der Waals surface area contributed by atoms with Crippen LogP contribution >= 0.6 is 15.9 Å². The van der Waals surface area contributed by atoms with Crippen molar-refractivity contribution >= 4 is 44.0 Å². The van der Waals surface area contributed by atoms with E-state index in [-0.39, 0.29) is 5.56 Å². The summed E-state index contributed by atoms with van der Waals surface area (Å²) in [5.74, 6) is 0.588. The molecule has 0 saturated carbocycles. The molecule has 0 aliphatic rings. The van der Waals surface area contributed by atoms with E-state index in [1.165, 1.54) is 4.68 Å². The lowest BCUT2D eigenvalue weighted by Gasteiger charge is -2.20. The van der Waals surface area contributed by atoms with Gasteiger partial charge in [0, 0.05) is 39.1 Å². The topological polar surface area (TPSA) is 76.0 Å². The van der Waals surface area contributed by atoms with E-state index in [4.69, 9.17) is 4.98 Å². The average Bonchev–Trinajstić information content (AvgIpc) is 3.21. The highest BCUT2D eigenvalue weighted by Gasteiger charge is 2.23. The van der Waals surface area contributed by atoms with Crippen molar-refractivity contribution in [3.05, 3.63) is 110 Å². The molecule has 2 heterocycles. The lowest BCUT2D eigenvalue weighted by molar-refractivity contribution is 0.506. The largest absolute Gasteiger partial charge is 0.342 e. The molecule has 0 aliphatic carbocycles. The second-order valence-corrected chi connectivity index (χ2v) is 10.6. The van der Waals surface area contributed by atoms with Gasteiger partial charge in [-0.15, -0.1) is 0 Å². The fraction of sp³-hybridized carbons (Fsp3) is 0.172. The van der Waals surface area contributed by atoms with Crippen molar-refractivity contribution in [1.29, 1.82) is 5.26 Å². The van der Waals surface area contributed by atoms with E-state index < -0.39 is 5.41 Å². The molecular formula is C29H24BrN5O. The van der Waals surface area contributed by atoms with E-state index in [1.54, 1.807) is 12.3 Å². The third kappa shape index (κ3) is 4.36. The Balaban J connectivity index is 1.65. The van der Waals surface area contributed by atoms with Crippen LogP contribution in [-0.2, 0) is 12.0 Å². The zero-order valence-electron chi connectivity index (χ0n) is 20.2. The number of rotatable bonds is 4. The molecular weight excluding hydrogens is 514 g/mol. The van der Waals surface area contributed by atoms with Crippen LogP contribution in [0.15, 0.2) is 87.3 Å². The summed E-state index contributed by atoms with van der Waals surface area (Å²) in [6, 6.07) is 23.4. The van der Waals surface area contributed by atoms with Gasteiger partial charge in [0.05, 0.1) is 28.8 Å². The Morgan fingerprint density at radius 3 is 2.58 bits per heavy atom. The highest BCUT2D eigenvalue weighted by molar-refractivity contribution is 9.10. The molecule has 0 radical (unpaired) electrons. The molecule has 5 aromatic rings. The van der Waals surface area contributed by atoms with Crippen LogP contribution in [-0.4, -0.2) is 20.4 Å². The molecule has 7 heteroatoms. The second kappa shape index (κ2) is 9.21. The summed E-state index contributed by atoms with van der Waals surface area (Å²) < 4.78 is 4.33. The Kier molecular flexibility index (Phi) is 6.07. The van der Waals surface area contributed by atoms with Crippen molar-refractivity contribution in [2.24, 2.45) is 5.10 Å². The van der Waals surface area contributed by atoms with Gasteiger partial charge in [-0.1, -0.05) is 73.1 Å². The summed E-state index contributed by atoms with van der Waals surface area (Å²) in [4.78, 5) is 18.3. The number of hydrogen-bond acceptors (Lipinski definition) is 4. The maximum Gasteiger partial charge on any atom is 0.282 e. The van der Waals surface area contributed by atoms with Crippen LogP contribution in [0.4, 0.5) is 0 Å². The molecule has 178 valence electrons. The van der Waals surface area contributed by atoms with Gasteiger partial charge in [0.25, 0.3) is 5.56 Å².